The molecule has 9 heteroatoms. The number of hydrogen-bond acceptors (Lipinski definition) is 7. The number of hydrogen-bond donors (Lipinski definition) is 5. The van der Waals surface area contributed by atoms with E-state index in [-0.39, 0.29) is 37.1 Å². The van der Waals surface area contributed by atoms with E-state index < -0.39 is 35.9 Å². The van der Waals surface area contributed by atoms with Crippen molar-refractivity contribution in [1.29, 1.82) is 0 Å². The van der Waals surface area contributed by atoms with E-state index in [1.165, 1.54) is 7.11 Å². The van der Waals surface area contributed by atoms with E-state index in [0.29, 0.717) is 0 Å². The number of nitrogens with one attached hydrogen (secondary N) is 1. The Balaban J connectivity index is 2.99. The van der Waals surface area contributed by atoms with Gasteiger partial charge in [0.05, 0.1) is 19.4 Å². The standard InChI is InChI=1S/C13H20N2O7/c1-22-11-8(4-13(21,6-16)5-9(11)17)15-7(12(19)20)2-3-10(14)18/h7,15-16,21H,2-6H2,1H3,(H2,14,18)(H,19,20). The number of ether oxygens (including phenoxy) is 1. The van der Waals surface area contributed by atoms with Crippen LogP contribution < -0.4 is 11.1 Å². The van der Waals surface area contributed by atoms with Gasteiger partial charge in [-0.25, -0.2) is 4.79 Å². The maximum absolute atomic E-state index is 11.9. The number of methoxy groups -OCH3 is 1. The van der Waals surface area contributed by atoms with E-state index in [2.05, 4.69) is 5.32 Å². The highest BCUT2D eigenvalue weighted by Crippen LogP contribution is 2.29. The molecule has 1 aliphatic carbocycles. The molecule has 2 unspecified atom stereocenters. The topological polar surface area (TPSA) is 159 Å². The maximum Gasteiger partial charge on any atom is 0.326 e. The lowest BCUT2D eigenvalue weighted by molar-refractivity contribution is -0.140. The molecule has 0 heterocycles. The van der Waals surface area contributed by atoms with Gasteiger partial charge in [0, 0.05) is 19.3 Å². The highest BCUT2D eigenvalue weighted by atomic mass is 16.5. The van der Waals surface area contributed by atoms with Gasteiger partial charge in [-0.3, -0.25) is 9.59 Å². The van der Waals surface area contributed by atoms with Crippen LogP contribution in [0.5, 0.6) is 0 Å². The second-order valence-corrected chi connectivity index (χ2v) is 5.21. The van der Waals surface area contributed by atoms with Crippen LogP contribution in [-0.2, 0) is 19.1 Å². The summed E-state index contributed by atoms with van der Waals surface area (Å²) in [6, 6.07) is -1.18. The summed E-state index contributed by atoms with van der Waals surface area (Å²) in [5.41, 5.74) is 3.39. The number of aliphatic hydroxyl groups is 2. The highest BCUT2D eigenvalue weighted by molar-refractivity contribution is 5.96. The summed E-state index contributed by atoms with van der Waals surface area (Å²) in [6.45, 7) is -0.653. The van der Waals surface area contributed by atoms with Gasteiger partial charge in [-0.1, -0.05) is 0 Å². The first-order chi connectivity index (χ1) is 10.2. The Morgan fingerprint density at radius 3 is 2.55 bits per heavy atom. The predicted molar refractivity (Wildman–Crippen MR) is 73.3 cm³/mol. The van der Waals surface area contributed by atoms with Gasteiger partial charge in [0.25, 0.3) is 0 Å². The lowest BCUT2D eigenvalue weighted by atomic mass is 9.85. The Morgan fingerprint density at radius 2 is 2.09 bits per heavy atom. The van der Waals surface area contributed by atoms with Crippen LogP contribution in [-0.4, -0.2) is 58.3 Å². The monoisotopic (exact) mass is 316 g/mol. The lowest BCUT2D eigenvalue weighted by Gasteiger charge is -2.33. The van der Waals surface area contributed by atoms with Gasteiger partial charge < -0.3 is 31.1 Å². The van der Waals surface area contributed by atoms with Gasteiger partial charge in [-0.2, -0.15) is 0 Å². The van der Waals surface area contributed by atoms with Gasteiger partial charge >= 0.3 is 5.97 Å². The van der Waals surface area contributed by atoms with Crippen LogP contribution in [0.2, 0.25) is 0 Å². The molecule has 0 saturated carbocycles. The number of ketones is 1. The number of primary amides is 1. The number of carboxylic acids is 1. The van der Waals surface area contributed by atoms with Crippen molar-refractivity contribution in [1.82, 2.24) is 5.32 Å². The Morgan fingerprint density at radius 1 is 1.45 bits per heavy atom. The summed E-state index contributed by atoms with van der Waals surface area (Å²) in [5.74, 6) is -2.54. The molecular formula is C13H20N2O7. The number of Topliss-reactive ketones (excluding diaryl/α,β-unsaturated/α-hetero) is 1. The van der Waals surface area contributed by atoms with Crippen LogP contribution in [0, 0.1) is 0 Å². The number of carbonyl (C=O) groups is 3. The van der Waals surface area contributed by atoms with E-state index in [9.17, 15) is 24.6 Å². The fourth-order valence-electron chi connectivity index (χ4n) is 2.24. The Bertz CT molecular complexity index is 503. The number of aliphatic carboxylic acids is 1. The van der Waals surface area contributed by atoms with Crippen molar-refractivity contribution in [2.24, 2.45) is 5.73 Å². The number of rotatable bonds is 8. The zero-order valence-electron chi connectivity index (χ0n) is 12.2. The van der Waals surface area contributed by atoms with Crippen molar-refractivity contribution >= 4 is 17.7 Å². The molecule has 0 saturated heterocycles. The van der Waals surface area contributed by atoms with Crippen LogP contribution in [0.4, 0.5) is 0 Å². The first-order valence-corrected chi connectivity index (χ1v) is 6.63. The molecule has 0 spiro atoms. The van der Waals surface area contributed by atoms with Crippen LogP contribution in [0.3, 0.4) is 0 Å². The van der Waals surface area contributed by atoms with Gasteiger partial charge in [-0.05, 0) is 6.42 Å². The summed E-state index contributed by atoms with van der Waals surface area (Å²) in [6.07, 6.45) is -0.732. The van der Waals surface area contributed by atoms with Crippen LogP contribution in [0.1, 0.15) is 25.7 Å². The summed E-state index contributed by atoms with van der Waals surface area (Å²) in [7, 11) is 1.25. The summed E-state index contributed by atoms with van der Waals surface area (Å²) >= 11 is 0. The number of aliphatic hydroxyl groups excluding tert-OH is 1. The van der Waals surface area contributed by atoms with Gasteiger partial charge in [0.2, 0.25) is 11.7 Å². The van der Waals surface area contributed by atoms with Crippen molar-refractivity contribution in [3.63, 3.8) is 0 Å². The lowest BCUT2D eigenvalue weighted by Crippen LogP contribution is -2.46. The molecule has 9 nitrogen and oxygen atoms in total. The molecular weight excluding hydrogens is 296 g/mol. The minimum Gasteiger partial charge on any atom is -0.491 e. The first kappa shape index (κ1) is 17.9. The zero-order valence-corrected chi connectivity index (χ0v) is 12.2. The van der Waals surface area contributed by atoms with Gasteiger partial charge in [0.1, 0.15) is 11.6 Å². The molecule has 0 bridgehead atoms. The molecule has 124 valence electrons. The molecule has 0 fully saturated rings. The summed E-state index contributed by atoms with van der Waals surface area (Å²) in [5, 5.41) is 31.0. The smallest absolute Gasteiger partial charge is 0.326 e. The van der Waals surface area contributed by atoms with Crippen molar-refractivity contribution in [2.45, 2.75) is 37.3 Å². The van der Waals surface area contributed by atoms with Crippen molar-refractivity contribution in [3.05, 3.63) is 11.5 Å². The molecule has 0 aliphatic heterocycles. The predicted octanol–water partition coefficient (Wildman–Crippen LogP) is -1.76. The third kappa shape index (κ3) is 4.43. The van der Waals surface area contributed by atoms with Gasteiger partial charge in [0.15, 0.2) is 5.76 Å². The van der Waals surface area contributed by atoms with E-state index in [1.807, 2.05) is 0 Å². The summed E-state index contributed by atoms with van der Waals surface area (Å²) in [4.78, 5) is 33.9. The molecule has 1 aliphatic rings. The number of nitrogens with two attached hydrogens (primary N) is 1. The molecule has 0 radical (unpaired) electrons. The minimum atomic E-state index is -1.67. The number of carboxylic acid groups (broad SMARTS) is 1. The minimum absolute atomic E-state index is 0.0761. The van der Waals surface area contributed by atoms with Crippen molar-refractivity contribution in [2.75, 3.05) is 13.7 Å². The molecule has 6 N–H and O–H groups in total. The molecule has 0 aromatic rings. The maximum atomic E-state index is 11.9. The average Bonchev–Trinajstić information content (AvgIpc) is 2.42. The number of allylic oxidation sites excluding steroid dienone is 1. The molecule has 0 aromatic carbocycles. The van der Waals surface area contributed by atoms with Crippen LogP contribution >= 0.6 is 0 Å². The SMILES string of the molecule is COC1=C(NC(CCC(N)=O)C(=O)O)CC(O)(CO)CC1=O. The van der Waals surface area contributed by atoms with Crippen LogP contribution in [0.15, 0.2) is 11.5 Å². The zero-order chi connectivity index (χ0) is 16.9. The molecule has 22 heavy (non-hydrogen) atoms. The molecule has 1 amide bonds. The first-order valence-electron chi connectivity index (χ1n) is 6.63. The Hall–Kier alpha value is -2.13. The fourth-order valence-corrected chi connectivity index (χ4v) is 2.24. The third-order valence-electron chi connectivity index (χ3n) is 3.35. The molecule has 1 rings (SSSR count). The Labute approximate surface area is 126 Å². The average molecular weight is 316 g/mol. The normalized spacial score (nSPS) is 23.1. The molecule has 2 atom stereocenters. The van der Waals surface area contributed by atoms with Gasteiger partial charge in [-0.15, -0.1) is 0 Å². The second kappa shape index (κ2) is 7.23. The number of carbonyl (C=O) groups excluding carboxylic acids is 2. The third-order valence-corrected chi connectivity index (χ3v) is 3.35. The Kier molecular flexibility index (Phi) is 5.89. The fraction of sp³-hybridized carbons (Fsp3) is 0.615. The van der Waals surface area contributed by atoms with E-state index in [0.717, 1.165) is 0 Å². The largest absolute Gasteiger partial charge is 0.491 e. The second-order valence-electron chi connectivity index (χ2n) is 5.21. The van der Waals surface area contributed by atoms with E-state index in [1.54, 1.807) is 0 Å². The summed E-state index contributed by atoms with van der Waals surface area (Å²) < 4.78 is 4.95. The van der Waals surface area contributed by atoms with E-state index >= 15 is 0 Å². The number of amides is 1. The van der Waals surface area contributed by atoms with E-state index in [4.69, 9.17) is 15.6 Å². The van der Waals surface area contributed by atoms with Crippen molar-refractivity contribution < 1.29 is 34.4 Å². The highest BCUT2D eigenvalue weighted by Gasteiger charge is 2.39. The molecule has 0 aromatic heterocycles. The van der Waals surface area contributed by atoms with Crippen molar-refractivity contribution in [3.8, 4) is 0 Å². The van der Waals surface area contributed by atoms with Crippen LogP contribution in [0.25, 0.3) is 0 Å². The quantitative estimate of drug-likeness (QED) is 0.352.